The molecule has 0 aliphatic carbocycles. The van der Waals surface area contributed by atoms with Crippen LogP contribution in [0.15, 0.2) is 0 Å². The molecule has 0 bridgehead atoms. The lowest BCUT2D eigenvalue weighted by Gasteiger charge is -2.29. The highest BCUT2D eigenvalue weighted by molar-refractivity contribution is 6.30. The van der Waals surface area contributed by atoms with E-state index in [9.17, 15) is 0 Å². The second-order valence-electron chi connectivity index (χ2n) is 6.34. The molecular formula is C15H28ClN3. The first-order valence-electron chi connectivity index (χ1n) is 7.17. The van der Waals surface area contributed by atoms with Crippen molar-refractivity contribution in [2.45, 2.75) is 47.5 Å². The van der Waals surface area contributed by atoms with Crippen LogP contribution in [-0.4, -0.2) is 22.9 Å². The molecule has 1 heterocycles. The molecule has 0 fully saturated rings. The largest absolute Gasteiger partial charge is 0.316 e. The van der Waals surface area contributed by atoms with E-state index in [4.69, 9.17) is 11.6 Å². The zero-order valence-corrected chi connectivity index (χ0v) is 13.9. The Morgan fingerprint density at radius 3 is 2.47 bits per heavy atom. The second kappa shape index (κ2) is 6.76. The maximum atomic E-state index is 6.34. The number of halogens is 1. The van der Waals surface area contributed by atoms with Crippen LogP contribution in [0.1, 0.15) is 45.4 Å². The number of aromatic nitrogens is 2. The summed E-state index contributed by atoms with van der Waals surface area (Å²) < 4.78 is 1.77. The maximum absolute atomic E-state index is 6.34. The van der Waals surface area contributed by atoms with E-state index >= 15 is 0 Å². The van der Waals surface area contributed by atoms with E-state index < -0.39 is 0 Å². The van der Waals surface area contributed by atoms with Gasteiger partial charge in [0, 0.05) is 19.2 Å². The van der Waals surface area contributed by atoms with Crippen molar-refractivity contribution in [1.29, 1.82) is 0 Å². The first-order chi connectivity index (χ1) is 8.79. The average Bonchev–Trinajstić information content (AvgIpc) is 2.55. The van der Waals surface area contributed by atoms with Gasteiger partial charge in [-0.3, -0.25) is 4.68 Å². The number of nitrogens with zero attached hydrogens (tertiary/aromatic N) is 2. The van der Waals surface area contributed by atoms with Crippen molar-refractivity contribution < 1.29 is 0 Å². The summed E-state index contributed by atoms with van der Waals surface area (Å²) in [5.74, 6) is 0.685. The van der Waals surface area contributed by atoms with Crippen LogP contribution >= 0.6 is 11.6 Å². The summed E-state index contributed by atoms with van der Waals surface area (Å²) in [5, 5.41) is 8.75. The summed E-state index contributed by atoms with van der Waals surface area (Å²) >= 11 is 6.34. The molecule has 19 heavy (non-hydrogen) atoms. The highest BCUT2D eigenvalue weighted by Gasteiger charge is 2.26. The van der Waals surface area contributed by atoms with Gasteiger partial charge in [0.1, 0.15) is 5.15 Å². The van der Waals surface area contributed by atoms with E-state index in [0.29, 0.717) is 5.92 Å². The van der Waals surface area contributed by atoms with E-state index in [2.05, 4.69) is 38.1 Å². The van der Waals surface area contributed by atoms with Crippen LogP contribution in [0.4, 0.5) is 0 Å². The molecule has 0 aliphatic rings. The molecular weight excluding hydrogens is 258 g/mol. The van der Waals surface area contributed by atoms with Crippen LogP contribution in [-0.2, 0) is 13.5 Å². The van der Waals surface area contributed by atoms with Crippen molar-refractivity contribution in [3.8, 4) is 0 Å². The fourth-order valence-corrected chi connectivity index (χ4v) is 2.52. The van der Waals surface area contributed by atoms with E-state index in [0.717, 1.165) is 36.8 Å². The zero-order chi connectivity index (χ0) is 14.6. The predicted octanol–water partition coefficient (Wildman–Crippen LogP) is 3.59. The Balaban J connectivity index is 2.74. The first-order valence-corrected chi connectivity index (χ1v) is 7.55. The van der Waals surface area contributed by atoms with Gasteiger partial charge in [-0.05, 0) is 37.6 Å². The summed E-state index contributed by atoms with van der Waals surface area (Å²) in [6.45, 7) is 13.2. The third-order valence-electron chi connectivity index (χ3n) is 3.83. The van der Waals surface area contributed by atoms with Crippen molar-refractivity contribution in [1.82, 2.24) is 15.1 Å². The van der Waals surface area contributed by atoms with E-state index in [1.165, 1.54) is 5.56 Å². The number of aryl methyl sites for hydroxylation is 2. The third-order valence-corrected chi connectivity index (χ3v) is 4.30. The summed E-state index contributed by atoms with van der Waals surface area (Å²) in [5.41, 5.74) is 2.47. The molecule has 0 spiro atoms. The van der Waals surface area contributed by atoms with Gasteiger partial charge in [0.25, 0.3) is 0 Å². The highest BCUT2D eigenvalue weighted by Crippen LogP contribution is 2.30. The Labute approximate surface area is 122 Å². The minimum absolute atomic E-state index is 0.228. The van der Waals surface area contributed by atoms with Crippen molar-refractivity contribution in [2.24, 2.45) is 18.4 Å². The topological polar surface area (TPSA) is 29.9 Å². The number of nitrogens with one attached hydrogen (secondary N) is 1. The lowest BCUT2D eigenvalue weighted by molar-refractivity contribution is 0.285. The first kappa shape index (κ1) is 16.5. The van der Waals surface area contributed by atoms with Crippen LogP contribution < -0.4 is 5.32 Å². The van der Waals surface area contributed by atoms with Crippen LogP contribution in [0.3, 0.4) is 0 Å². The Kier molecular flexibility index (Phi) is 5.87. The van der Waals surface area contributed by atoms with Gasteiger partial charge >= 0.3 is 0 Å². The van der Waals surface area contributed by atoms with Crippen LogP contribution in [0.2, 0.25) is 5.15 Å². The quantitative estimate of drug-likeness (QED) is 0.830. The normalized spacial score (nSPS) is 14.9. The lowest BCUT2D eigenvalue weighted by Crippen LogP contribution is -2.35. The van der Waals surface area contributed by atoms with Gasteiger partial charge in [-0.25, -0.2) is 0 Å². The standard InChI is InChI=1S/C15H28ClN3/c1-7-15(5,10-17-9-11(2)3)8-13-12(4)18-19(6)14(13)16/h11,17H,7-10H2,1-6H3. The van der Waals surface area contributed by atoms with Gasteiger partial charge in [-0.15, -0.1) is 0 Å². The maximum Gasteiger partial charge on any atom is 0.130 e. The number of hydrogen-bond donors (Lipinski definition) is 1. The van der Waals surface area contributed by atoms with Gasteiger partial charge < -0.3 is 5.32 Å². The van der Waals surface area contributed by atoms with Crippen LogP contribution in [0.5, 0.6) is 0 Å². The second-order valence-corrected chi connectivity index (χ2v) is 6.70. The summed E-state index contributed by atoms with van der Waals surface area (Å²) in [7, 11) is 1.90. The predicted molar refractivity (Wildman–Crippen MR) is 82.8 cm³/mol. The molecule has 4 heteroatoms. The van der Waals surface area contributed by atoms with Gasteiger partial charge in [0.15, 0.2) is 0 Å². The molecule has 1 aromatic rings. The monoisotopic (exact) mass is 285 g/mol. The fraction of sp³-hybridized carbons (Fsp3) is 0.800. The smallest absolute Gasteiger partial charge is 0.130 e. The van der Waals surface area contributed by atoms with Crippen molar-refractivity contribution in [2.75, 3.05) is 13.1 Å². The fourth-order valence-electron chi connectivity index (χ4n) is 2.28. The Morgan fingerprint density at radius 1 is 1.42 bits per heavy atom. The summed E-state index contributed by atoms with van der Waals surface area (Å²) in [6, 6.07) is 0. The Bertz CT molecular complexity index is 412. The van der Waals surface area contributed by atoms with E-state index in [-0.39, 0.29) is 5.41 Å². The zero-order valence-electron chi connectivity index (χ0n) is 13.2. The minimum atomic E-state index is 0.228. The summed E-state index contributed by atoms with van der Waals surface area (Å²) in [6.07, 6.45) is 2.11. The average molecular weight is 286 g/mol. The molecule has 1 atom stereocenters. The Hall–Kier alpha value is -0.540. The van der Waals surface area contributed by atoms with Crippen molar-refractivity contribution in [3.63, 3.8) is 0 Å². The van der Waals surface area contributed by atoms with E-state index in [1.54, 1.807) is 4.68 Å². The molecule has 0 aliphatic heterocycles. The minimum Gasteiger partial charge on any atom is -0.316 e. The van der Waals surface area contributed by atoms with Gasteiger partial charge in [0.05, 0.1) is 5.69 Å². The molecule has 110 valence electrons. The molecule has 0 saturated carbocycles. The lowest BCUT2D eigenvalue weighted by atomic mass is 9.81. The SMILES string of the molecule is CCC(C)(CNCC(C)C)Cc1c(C)nn(C)c1Cl. The van der Waals surface area contributed by atoms with Gasteiger partial charge in [-0.1, -0.05) is 39.3 Å². The Morgan fingerprint density at radius 2 is 2.05 bits per heavy atom. The number of hydrogen-bond acceptors (Lipinski definition) is 2. The molecule has 0 aromatic carbocycles. The van der Waals surface area contributed by atoms with Crippen LogP contribution in [0.25, 0.3) is 0 Å². The highest BCUT2D eigenvalue weighted by atomic mass is 35.5. The summed E-state index contributed by atoms with van der Waals surface area (Å²) in [4.78, 5) is 0. The third kappa shape index (κ3) is 4.50. The molecule has 0 saturated heterocycles. The molecule has 1 aromatic heterocycles. The molecule has 0 radical (unpaired) electrons. The molecule has 1 rings (SSSR count). The molecule has 3 nitrogen and oxygen atoms in total. The van der Waals surface area contributed by atoms with Gasteiger partial charge in [-0.2, -0.15) is 5.10 Å². The van der Waals surface area contributed by atoms with Crippen LogP contribution in [0, 0.1) is 18.3 Å². The molecule has 1 unspecified atom stereocenters. The van der Waals surface area contributed by atoms with Crippen molar-refractivity contribution >= 4 is 11.6 Å². The van der Waals surface area contributed by atoms with Gasteiger partial charge in [0.2, 0.25) is 0 Å². The number of rotatable bonds is 7. The van der Waals surface area contributed by atoms with E-state index in [1.807, 2.05) is 14.0 Å². The molecule has 0 amide bonds. The van der Waals surface area contributed by atoms with Crippen molar-refractivity contribution in [3.05, 3.63) is 16.4 Å². The molecule has 1 N–H and O–H groups in total.